The molecule has 0 spiro atoms. The van der Waals surface area contributed by atoms with Gasteiger partial charge in [0.15, 0.2) is 0 Å². The number of nitrogens with zero attached hydrogens (tertiary/aromatic N) is 2. The van der Waals surface area contributed by atoms with Crippen molar-refractivity contribution in [2.75, 3.05) is 25.0 Å². The van der Waals surface area contributed by atoms with Crippen molar-refractivity contribution in [1.82, 2.24) is 9.80 Å². The summed E-state index contributed by atoms with van der Waals surface area (Å²) in [5, 5.41) is 3.57. The molecule has 3 aliphatic rings. The highest BCUT2D eigenvalue weighted by Crippen LogP contribution is 2.32. The maximum absolute atomic E-state index is 13.4. The van der Waals surface area contributed by atoms with Crippen LogP contribution in [-0.4, -0.2) is 53.2 Å². The average molecular weight is 452 g/mol. The lowest BCUT2D eigenvalue weighted by molar-refractivity contribution is -0.140. The number of anilines is 1. The van der Waals surface area contributed by atoms with Gasteiger partial charge in [-0.1, -0.05) is 49.1 Å². The second-order valence-corrected chi connectivity index (χ2v) is 9.33. The Hall–Kier alpha value is -2.86. The van der Waals surface area contributed by atoms with Crippen molar-refractivity contribution in [1.29, 1.82) is 0 Å². The van der Waals surface area contributed by atoms with Crippen LogP contribution in [0, 0.1) is 5.92 Å². The molecule has 2 heterocycles. The molecule has 0 radical (unpaired) electrons. The maximum atomic E-state index is 13.4. The standard InChI is InChI=1S/C25H26ClN3O3/c26-19-9-6-16(7-10-19)18-8-11-21-20(14-18)25(32)29-13-12-28(15-22(29)23(30)27-21)24(31)17-4-2-1-3-5-17/h6-11,14,17,22H,1-5,12-13,15H2,(H,27,30)/t22-/m1/s1. The number of rotatable bonds is 2. The fourth-order valence-electron chi connectivity index (χ4n) is 5.08. The van der Waals surface area contributed by atoms with Crippen molar-refractivity contribution in [2.45, 2.75) is 38.1 Å². The van der Waals surface area contributed by atoms with Crippen molar-refractivity contribution >= 4 is 35.0 Å². The lowest BCUT2D eigenvalue weighted by Crippen LogP contribution is -2.60. The van der Waals surface area contributed by atoms with Crippen LogP contribution in [0.2, 0.25) is 5.02 Å². The molecule has 1 N–H and O–H groups in total. The molecule has 2 aliphatic heterocycles. The molecule has 6 nitrogen and oxygen atoms in total. The minimum atomic E-state index is -0.671. The van der Waals surface area contributed by atoms with Gasteiger partial charge in [-0.2, -0.15) is 0 Å². The van der Waals surface area contributed by atoms with E-state index in [1.54, 1.807) is 15.9 Å². The Bertz CT molecular complexity index is 1060. The zero-order chi connectivity index (χ0) is 22.2. The van der Waals surface area contributed by atoms with Gasteiger partial charge in [0.1, 0.15) is 6.04 Å². The van der Waals surface area contributed by atoms with Crippen molar-refractivity contribution < 1.29 is 14.4 Å². The average Bonchev–Trinajstić information content (AvgIpc) is 2.93. The van der Waals surface area contributed by atoms with Crippen LogP contribution in [0.25, 0.3) is 11.1 Å². The van der Waals surface area contributed by atoms with E-state index >= 15 is 0 Å². The van der Waals surface area contributed by atoms with Gasteiger partial charge in [-0.3, -0.25) is 14.4 Å². The Morgan fingerprint density at radius 1 is 0.938 bits per heavy atom. The van der Waals surface area contributed by atoms with E-state index in [9.17, 15) is 14.4 Å². The van der Waals surface area contributed by atoms with Gasteiger partial charge >= 0.3 is 0 Å². The lowest BCUT2D eigenvalue weighted by atomic mass is 9.88. The number of fused-ring (bicyclic) bond motifs is 2. The van der Waals surface area contributed by atoms with Crippen LogP contribution in [0.4, 0.5) is 5.69 Å². The number of benzene rings is 2. The van der Waals surface area contributed by atoms with Crippen LogP contribution >= 0.6 is 11.6 Å². The summed E-state index contributed by atoms with van der Waals surface area (Å²) >= 11 is 6.00. The van der Waals surface area contributed by atoms with E-state index in [1.165, 1.54) is 6.42 Å². The van der Waals surface area contributed by atoms with E-state index in [0.717, 1.165) is 36.8 Å². The van der Waals surface area contributed by atoms with Crippen LogP contribution < -0.4 is 5.32 Å². The Morgan fingerprint density at radius 3 is 2.41 bits per heavy atom. The normalized spacial score (nSPS) is 21.5. The quantitative estimate of drug-likeness (QED) is 0.744. The second kappa shape index (κ2) is 8.58. The molecule has 0 aromatic heterocycles. The summed E-state index contributed by atoms with van der Waals surface area (Å²) in [7, 11) is 0. The molecule has 1 atom stereocenters. The molecule has 7 heteroatoms. The minimum Gasteiger partial charge on any atom is -0.338 e. The topological polar surface area (TPSA) is 69.7 Å². The largest absolute Gasteiger partial charge is 0.338 e. The summed E-state index contributed by atoms with van der Waals surface area (Å²) < 4.78 is 0. The van der Waals surface area contributed by atoms with Gasteiger partial charge in [-0.15, -0.1) is 0 Å². The molecule has 1 saturated heterocycles. The SMILES string of the molecule is O=C1Nc2ccc(-c3ccc(Cl)cc3)cc2C(=O)N2CCN(C(=O)C3CCCCC3)C[C@H]12. The molecule has 2 aromatic carbocycles. The van der Waals surface area contributed by atoms with Crippen molar-refractivity contribution in [3.05, 3.63) is 53.1 Å². The van der Waals surface area contributed by atoms with Crippen LogP contribution in [-0.2, 0) is 9.59 Å². The first-order valence-corrected chi connectivity index (χ1v) is 11.7. The van der Waals surface area contributed by atoms with Crippen LogP contribution in [0.5, 0.6) is 0 Å². The summed E-state index contributed by atoms with van der Waals surface area (Å²) in [6.07, 6.45) is 5.21. The Balaban J connectivity index is 1.39. The highest BCUT2D eigenvalue weighted by molar-refractivity contribution is 6.30. The predicted octanol–water partition coefficient (Wildman–Crippen LogP) is 4.19. The second-order valence-electron chi connectivity index (χ2n) is 8.89. The van der Waals surface area contributed by atoms with Gasteiger partial charge in [0, 0.05) is 24.0 Å². The molecule has 1 aliphatic carbocycles. The van der Waals surface area contributed by atoms with E-state index in [1.807, 2.05) is 36.4 Å². The third-order valence-corrected chi connectivity index (χ3v) is 7.15. The third kappa shape index (κ3) is 3.88. The number of halogens is 1. The minimum absolute atomic E-state index is 0.0546. The van der Waals surface area contributed by atoms with Crippen LogP contribution in [0.3, 0.4) is 0 Å². The van der Waals surface area contributed by atoms with E-state index in [0.29, 0.717) is 29.4 Å². The number of carbonyl (C=O) groups is 3. The molecular formula is C25H26ClN3O3. The zero-order valence-corrected chi connectivity index (χ0v) is 18.6. The molecule has 1 saturated carbocycles. The van der Waals surface area contributed by atoms with Gasteiger partial charge in [0.25, 0.3) is 5.91 Å². The fraction of sp³-hybridized carbons (Fsp3) is 0.400. The number of hydrogen-bond acceptors (Lipinski definition) is 3. The maximum Gasteiger partial charge on any atom is 0.256 e. The third-order valence-electron chi connectivity index (χ3n) is 6.90. The van der Waals surface area contributed by atoms with Crippen molar-refractivity contribution in [2.24, 2.45) is 5.92 Å². The smallest absolute Gasteiger partial charge is 0.256 e. The first-order valence-electron chi connectivity index (χ1n) is 11.3. The number of nitrogens with one attached hydrogen (secondary N) is 1. The van der Waals surface area contributed by atoms with E-state index in [4.69, 9.17) is 11.6 Å². The molecule has 32 heavy (non-hydrogen) atoms. The van der Waals surface area contributed by atoms with Gasteiger partial charge in [0.2, 0.25) is 11.8 Å². The molecule has 5 rings (SSSR count). The fourth-order valence-corrected chi connectivity index (χ4v) is 5.21. The van der Waals surface area contributed by atoms with Gasteiger partial charge in [-0.05, 0) is 48.2 Å². The Kier molecular flexibility index (Phi) is 5.64. The highest BCUT2D eigenvalue weighted by Gasteiger charge is 2.41. The zero-order valence-electron chi connectivity index (χ0n) is 17.9. The monoisotopic (exact) mass is 451 g/mol. The Morgan fingerprint density at radius 2 is 1.66 bits per heavy atom. The first-order chi connectivity index (χ1) is 15.5. The summed E-state index contributed by atoms with van der Waals surface area (Å²) in [5.74, 6) is -0.225. The molecule has 0 unspecified atom stereocenters. The highest BCUT2D eigenvalue weighted by atomic mass is 35.5. The number of hydrogen-bond donors (Lipinski definition) is 1. The van der Waals surface area contributed by atoms with Gasteiger partial charge in [0.05, 0.1) is 17.8 Å². The van der Waals surface area contributed by atoms with Crippen molar-refractivity contribution in [3.8, 4) is 11.1 Å². The summed E-state index contributed by atoms with van der Waals surface area (Å²) in [6, 6.07) is 12.2. The van der Waals surface area contributed by atoms with E-state index in [-0.39, 0.29) is 30.2 Å². The number of piperazine rings is 1. The van der Waals surface area contributed by atoms with E-state index in [2.05, 4.69) is 5.32 Å². The van der Waals surface area contributed by atoms with Crippen LogP contribution in [0.1, 0.15) is 42.5 Å². The predicted molar refractivity (Wildman–Crippen MR) is 123 cm³/mol. The molecule has 0 bridgehead atoms. The summed E-state index contributed by atoms with van der Waals surface area (Å²) in [4.78, 5) is 42.9. The summed E-state index contributed by atoms with van der Waals surface area (Å²) in [6.45, 7) is 1.09. The van der Waals surface area contributed by atoms with Gasteiger partial charge < -0.3 is 15.1 Å². The molecule has 2 fully saturated rings. The van der Waals surface area contributed by atoms with Crippen molar-refractivity contribution in [3.63, 3.8) is 0 Å². The molecule has 166 valence electrons. The van der Waals surface area contributed by atoms with Crippen LogP contribution in [0.15, 0.2) is 42.5 Å². The molecule has 3 amide bonds. The number of carbonyl (C=O) groups excluding carboxylic acids is 3. The summed E-state index contributed by atoms with van der Waals surface area (Å²) in [5.41, 5.74) is 2.81. The number of amides is 3. The molecule has 2 aromatic rings. The first kappa shape index (κ1) is 21.0. The van der Waals surface area contributed by atoms with E-state index < -0.39 is 6.04 Å². The van der Waals surface area contributed by atoms with Gasteiger partial charge in [-0.25, -0.2) is 0 Å². The lowest BCUT2D eigenvalue weighted by Gasteiger charge is -2.40. The Labute approximate surface area is 192 Å². The molecular weight excluding hydrogens is 426 g/mol.